The fourth-order valence-corrected chi connectivity index (χ4v) is 3.30. The molecular weight excluding hydrogens is 230 g/mol. The summed E-state index contributed by atoms with van der Waals surface area (Å²) in [4.78, 5) is 0. The Hall–Kier alpha value is -0.820. The van der Waals surface area contributed by atoms with Crippen LogP contribution >= 0.6 is 0 Å². The van der Waals surface area contributed by atoms with Crippen molar-refractivity contribution in [2.75, 3.05) is 0 Å². The largest absolute Gasteiger partial charge is 0.325 e. The Morgan fingerprint density at radius 2 is 1.53 bits per heavy atom. The summed E-state index contributed by atoms with van der Waals surface area (Å²) < 4.78 is 0. The van der Waals surface area contributed by atoms with Crippen LogP contribution in [-0.2, 0) is 6.42 Å². The average molecular weight is 261 g/mol. The molecule has 0 radical (unpaired) electrons. The van der Waals surface area contributed by atoms with Crippen molar-refractivity contribution in [3.63, 3.8) is 0 Å². The fraction of sp³-hybridized carbons (Fsp3) is 0.667. The molecule has 1 heteroatoms. The summed E-state index contributed by atoms with van der Waals surface area (Å²) in [6.45, 7) is 6.78. The third kappa shape index (κ3) is 4.99. The van der Waals surface area contributed by atoms with Gasteiger partial charge in [0.1, 0.15) is 0 Å². The average Bonchev–Trinajstić information content (AvgIpc) is 2.40. The van der Waals surface area contributed by atoms with E-state index >= 15 is 0 Å². The molecule has 0 aliphatic rings. The van der Waals surface area contributed by atoms with Crippen LogP contribution in [0, 0.1) is 5.92 Å². The predicted molar refractivity (Wildman–Crippen MR) is 85.3 cm³/mol. The van der Waals surface area contributed by atoms with Crippen molar-refractivity contribution in [1.29, 1.82) is 0 Å². The van der Waals surface area contributed by atoms with E-state index in [1.165, 1.54) is 31.2 Å². The Kier molecular flexibility index (Phi) is 7.15. The van der Waals surface area contributed by atoms with Gasteiger partial charge in [0.2, 0.25) is 0 Å². The Labute approximate surface area is 119 Å². The van der Waals surface area contributed by atoms with Crippen LogP contribution in [0.2, 0.25) is 0 Å². The topological polar surface area (TPSA) is 26.0 Å². The number of hydrogen-bond donors (Lipinski definition) is 1. The minimum Gasteiger partial charge on any atom is -0.325 e. The molecule has 0 aromatic heterocycles. The van der Waals surface area contributed by atoms with Gasteiger partial charge in [-0.15, -0.1) is 0 Å². The van der Waals surface area contributed by atoms with Gasteiger partial charge in [-0.2, -0.15) is 0 Å². The third-order valence-electron chi connectivity index (χ3n) is 4.21. The van der Waals surface area contributed by atoms with Crippen LogP contribution in [0.1, 0.15) is 64.9 Å². The van der Waals surface area contributed by atoms with E-state index in [1.807, 2.05) is 0 Å². The molecule has 19 heavy (non-hydrogen) atoms. The zero-order valence-electron chi connectivity index (χ0n) is 13.0. The van der Waals surface area contributed by atoms with Gasteiger partial charge in [-0.1, -0.05) is 70.4 Å². The van der Waals surface area contributed by atoms with Gasteiger partial charge in [0.05, 0.1) is 0 Å². The number of benzene rings is 1. The molecule has 0 amide bonds. The highest BCUT2D eigenvalue weighted by atomic mass is 14.8. The maximum absolute atomic E-state index is 6.80. The molecule has 0 saturated heterocycles. The number of rotatable bonds is 9. The second-order valence-electron chi connectivity index (χ2n) is 5.91. The minimum atomic E-state index is 0.0232. The molecule has 0 aliphatic carbocycles. The second kappa shape index (κ2) is 8.37. The molecule has 0 bridgehead atoms. The van der Waals surface area contributed by atoms with Crippen molar-refractivity contribution in [2.24, 2.45) is 11.7 Å². The van der Waals surface area contributed by atoms with Crippen LogP contribution in [-0.4, -0.2) is 5.54 Å². The van der Waals surface area contributed by atoms with Gasteiger partial charge in [-0.3, -0.25) is 0 Å². The molecule has 108 valence electrons. The zero-order valence-corrected chi connectivity index (χ0v) is 13.0. The summed E-state index contributed by atoms with van der Waals surface area (Å²) >= 11 is 0. The minimum absolute atomic E-state index is 0.0232. The molecule has 0 spiro atoms. The van der Waals surface area contributed by atoms with Gasteiger partial charge in [0.25, 0.3) is 0 Å². The van der Waals surface area contributed by atoms with Gasteiger partial charge in [0.15, 0.2) is 0 Å². The van der Waals surface area contributed by atoms with E-state index in [4.69, 9.17) is 5.73 Å². The number of hydrogen-bond acceptors (Lipinski definition) is 1. The van der Waals surface area contributed by atoms with Crippen LogP contribution in [0.25, 0.3) is 0 Å². The van der Waals surface area contributed by atoms with Gasteiger partial charge in [0, 0.05) is 5.54 Å². The van der Waals surface area contributed by atoms with Crippen molar-refractivity contribution < 1.29 is 0 Å². The van der Waals surface area contributed by atoms with E-state index in [9.17, 15) is 0 Å². The lowest BCUT2D eigenvalue weighted by molar-refractivity contribution is 0.215. The lowest BCUT2D eigenvalue weighted by atomic mass is 9.73. The van der Waals surface area contributed by atoms with Crippen molar-refractivity contribution in [3.05, 3.63) is 35.9 Å². The molecule has 1 aromatic rings. The van der Waals surface area contributed by atoms with Crippen molar-refractivity contribution in [1.82, 2.24) is 0 Å². The van der Waals surface area contributed by atoms with Crippen LogP contribution in [0.4, 0.5) is 0 Å². The van der Waals surface area contributed by atoms with Crippen molar-refractivity contribution in [2.45, 2.75) is 71.3 Å². The van der Waals surface area contributed by atoms with Gasteiger partial charge in [-0.05, 0) is 37.2 Å². The monoisotopic (exact) mass is 261 g/mol. The third-order valence-corrected chi connectivity index (χ3v) is 4.21. The maximum atomic E-state index is 6.80. The first-order chi connectivity index (χ1) is 9.16. The molecule has 0 saturated carbocycles. The Balaban J connectivity index is 2.84. The molecule has 2 N–H and O–H groups in total. The molecule has 1 aromatic carbocycles. The first kappa shape index (κ1) is 16.2. The highest BCUT2D eigenvalue weighted by Crippen LogP contribution is 2.32. The summed E-state index contributed by atoms with van der Waals surface area (Å²) in [5, 5.41) is 0. The van der Waals surface area contributed by atoms with Crippen LogP contribution < -0.4 is 5.73 Å². The molecule has 0 heterocycles. The summed E-state index contributed by atoms with van der Waals surface area (Å²) in [5.74, 6) is 0.611. The van der Waals surface area contributed by atoms with Crippen LogP contribution in [0.3, 0.4) is 0 Å². The van der Waals surface area contributed by atoms with Crippen molar-refractivity contribution >= 4 is 0 Å². The van der Waals surface area contributed by atoms with Crippen LogP contribution in [0.5, 0.6) is 0 Å². The normalized spacial score (nSPS) is 13.5. The second-order valence-corrected chi connectivity index (χ2v) is 5.91. The predicted octanol–water partition coefficient (Wildman–Crippen LogP) is 4.94. The first-order valence-electron chi connectivity index (χ1n) is 7.99. The van der Waals surface area contributed by atoms with Gasteiger partial charge < -0.3 is 5.73 Å². The molecule has 1 rings (SSSR count). The molecule has 1 atom stereocenters. The van der Waals surface area contributed by atoms with Gasteiger partial charge >= 0.3 is 0 Å². The summed E-state index contributed by atoms with van der Waals surface area (Å²) in [6, 6.07) is 10.8. The van der Waals surface area contributed by atoms with Crippen LogP contribution in [0.15, 0.2) is 30.3 Å². The van der Waals surface area contributed by atoms with E-state index < -0.39 is 0 Å². The molecule has 0 fully saturated rings. The lowest BCUT2D eigenvalue weighted by Gasteiger charge is -2.38. The zero-order chi connectivity index (χ0) is 14.1. The Bertz CT molecular complexity index is 325. The fourth-order valence-electron chi connectivity index (χ4n) is 3.30. The van der Waals surface area contributed by atoms with Crippen molar-refractivity contribution in [3.8, 4) is 0 Å². The molecule has 1 nitrogen and oxygen atoms in total. The lowest BCUT2D eigenvalue weighted by Crippen LogP contribution is -2.48. The Morgan fingerprint density at radius 1 is 0.947 bits per heavy atom. The number of nitrogens with two attached hydrogens (primary N) is 1. The summed E-state index contributed by atoms with van der Waals surface area (Å²) in [7, 11) is 0. The van der Waals surface area contributed by atoms with E-state index in [-0.39, 0.29) is 5.54 Å². The molecule has 0 aliphatic heterocycles. The smallest absolute Gasteiger partial charge is 0.0185 e. The molecular formula is C18H31N. The highest BCUT2D eigenvalue weighted by Gasteiger charge is 2.32. The van der Waals surface area contributed by atoms with E-state index in [2.05, 4.69) is 51.1 Å². The first-order valence-corrected chi connectivity index (χ1v) is 7.99. The van der Waals surface area contributed by atoms with Gasteiger partial charge in [-0.25, -0.2) is 0 Å². The SMILES string of the molecule is CCCC(Cc1ccccc1)C(N)(CCC)CCC. The van der Waals surface area contributed by atoms with E-state index in [1.54, 1.807) is 0 Å². The van der Waals surface area contributed by atoms with E-state index in [0.29, 0.717) is 5.92 Å². The maximum Gasteiger partial charge on any atom is 0.0185 e. The van der Waals surface area contributed by atoms with E-state index in [0.717, 1.165) is 19.3 Å². The highest BCUT2D eigenvalue weighted by molar-refractivity contribution is 5.16. The Morgan fingerprint density at radius 3 is 2.00 bits per heavy atom. The summed E-state index contributed by atoms with van der Waals surface area (Å²) in [6.07, 6.45) is 8.27. The summed E-state index contributed by atoms with van der Waals surface area (Å²) in [5.41, 5.74) is 8.25. The molecule has 1 unspecified atom stereocenters. The standard InChI is InChI=1S/C18H31N/c1-4-10-17(15-16-11-8-7-9-12-16)18(19,13-5-2)14-6-3/h7-9,11-12,17H,4-6,10,13-15,19H2,1-3H3. The quantitative estimate of drug-likeness (QED) is 0.669.